The van der Waals surface area contributed by atoms with E-state index in [1.54, 1.807) is 27.8 Å². The molecule has 2 atom stereocenters. The summed E-state index contributed by atoms with van der Waals surface area (Å²) >= 11 is 0. The number of carbonyl (C=O) groups is 1. The number of esters is 1. The minimum atomic E-state index is -1.03. The highest BCUT2D eigenvalue weighted by Gasteiger charge is 2.26. The van der Waals surface area contributed by atoms with Crippen molar-refractivity contribution in [1.29, 1.82) is 0 Å². The molecule has 0 amide bonds. The van der Waals surface area contributed by atoms with E-state index in [9.17, 15) is 15.0 Å². The Labute approximate surface area is 119 Å². The molecule has 0 aliphatic heterocycles. The number of hydrogen-bond donors (Lipinski definition) is 4. The second-order valence-corrected chi connectivity index (χ2v) is 4.79. The van der Waals surface area contributed by atoms with Crippen LogP contribution in [0, 0.1) is 13.8 Å². The van der Waals surface area contributed by atoms with Crippen molar-refractivity contribution in [2.45, 2.75) is 39.4 Å². The molecule has 2 unspecified atom stereocenters. The Hall–Kier alpha value is -1.37. The topological polar surface area (TPSA) is 94.6 Å². The van der Waals surface area contributed by atoms with Crippen LogP contribution in [0.1, 0.15) is 46.8 Å². The van der Waals surface area contributed by atoms with Crippen LogP contribution in [0.3, 0.4) is 0 Å². The fourth-order valence-electron chi connectivity index (χ4n) is 2.26. The molecule has 1 aromatic heterocycles. The first-order chi connectivity index (χ1) is 9.43. The molecule has 1 heterocycles. The number of aliphatic hydroxyl groups is 2. The highest BCUT2D eigenvalue weighted by Crippen LogP contribution is 2.28. The normalized spacial score (nSPS) is 14.1. The minimum absolute atomic E-state index is 0.291. The van der Waals surface area contributed by atoms with Gasteiger partial charge in [-0.2, -0.15) is 0 Å². The van der Waals surface area contributed by atoms with Crippen LogP contribution < -0.4 is 5.32 Å². The molecule has 0 saturated heterocycles. The van der Waals surface area contributed by atoms with E-state index >= 15 is 0 Å². The molecule has 6 heteroatoms. The van der Waals surface area contributed by atoms with Crippen molar-refractivity contribution in [3.8, 4) is 0 Å². The number of aryl methyl sites for hydroxylation is 1. The molecule has 4 N–H and O–H groups in total. The van der Waals surface area contributed by atoms with Crippen LogP contribution in [0.25, 0.3) is 0 Å². The van der Waals surface area contributed by atoms with Crippen molar-refractivity contribution < 1.29 is 19.7 Å². The lowest BCUT2D eigenvalue weighted by Crippen LogP contribution is -2.24. The van der Waals surface area contributed by atoms with Gasteiger partial charge < -0.3 is 25.3 Å². The first kappa shape index (κ1) is 16.7. The van der Waals surface area contributed by atoms with Crippen LogP contribution in [0.4, 0.5) is 0 Å². The lowest BCUT2D eigenvalue weighted by molar-refractivity contribution is 0.0133. The second-order valence-electron chi connectivity index (χ2n) is 4.79. The van der Waals surface area contributed by atoms with E-state index in [-0.39, 0.29) is 0 Å². The van der Waals surface area contributed by atoms with E-state index in [1.807, 2.05) is 0 Å². The number of aromatic amines is 1. The maximum atomic E-state index is 11.8. The number of aromatic nitrogens is 1. The van der Waals surface area contributed by atoms with Gasteiger partial charge in [-0.05, 0) is 46.3 Å². The van der Waals surface area contributed by atoms with Gasteiger partial charge >= 0.3 is 5.97 Å². The Balaban J connectivity index is 2.98. The highest BCUT2D eigenvalue weighted by molar-refractivity contribution is 5.89. The standard InChI is InChI=1S/C14H24N2O4/c1-5-20-14(19)12-8(2)11(9(3)16-12)13(18)10(17)6-7-15-4/h10,13,15-18H,5-7H2,1-4H3. The van der Waals surface area contributed by atoms with Gasteiger partial charge in [0.05, 0.1) is 12.7 Å². The summed E-state index contributed by atoms with van der Waals surface area (Å²) in [7, 11) is 1.78. The van der Waals surface area contributed by atoms with Crippen molar-refractivity contribution in [3.05, 3.63) is 22.5 Å². The maximum absolute atomic E-state index is 11.8. The minimum Gasteiger partial charge on any atom is -0.461 e. The van der Waals surface area contributed by atoms with Gasteiger partial charge in [-0.3, -0.25) is 0 Å². The average Bonchev–Trinajstić information content (AvgIpc) is 2.71. The third-order valence-corrected chi connectivity index (χ3v) is 3.33. The Morgan fingerprint density at radius 2 is 2.05 bits per heavy atom. The van der Waals surface area contributed by atoms with E-state index in [0.29, 0.717) is 42.1 Å². The van der Waals surface area contributed by atoms with E-state index < -0.39 is 18.2 Å². The molecule has 0 fully saturated rings. The maximum Gasteiger partial charge on any atom is 0.355 e. The Bertz CT molecular complexity index is 456. The smallest absolute Gasteiger partial charge is 0.355 e. The van der Waals surface area contributed by atoms with Crippen LogP contribution in [0.5, 0.6) is 0 Å². The summed E-state index contributed by atoms with van der Waals surface area (Å²) in [6.07, 6.45) is -1.48. The van der Waals surface area contributed by atoms with Crippen molar-refractivity contribution in [1.82, 2.24) is 10.3 Å². The fraction of sp³-hybridized carbons (Fsp3) is 0.643. The lowest BCUT2D eigenvalue weighted by atomic mass is 9.98. The van der Waals surface area contributed by atoms with Gasteiger partial charge in [-0.1, -0.05) is 0 Å². The molecule has 0 radical (unpaired) electrons. The van der Waals surface area contributed by atoms with Crippen molar-refractivity contribution in [2.24, 2.45) is 0 Å². The van der Waals surface area contributed by atoms with Crippen molar-refractivity contribution in [2.75, 3.05) is 20.2 Å². The summed E-state index contributed by atoms with van der Waals surface area (Å²) in [4.78, 5) is 14.7. The summed E-state index contributed by atoms with van der Waals surface area (Å²) in [5.74, 6) is -0.448. The Morgan fingerprint density at radius 1 is 1.40 bits per heavy atom. The van der Waals surface area contributed by atoms with E-state index in [1.165, 1.54) is 0 Å². The van der Waals surface area contributed by atoms with Gasteiger partial charge in [0.25, 0.3) is 0 Å². The van der Waals surface area contributed by atoms with Gasteiger partial charge in [0.1, 0.15) is 11.8 Å². The van der Waals surface area contributed by atoms with Crippen LogP contribution in [0.15, 0.2) is 0 Å². The molecule has 6 nitrogen and oxygen atoms in total. The first-order valence-corrected chi connectivity index (χ1v) is 6.80. The predicted molar refractivity (Wildman–Crippen MR) is 75.7 cm³/mol. The molecular weight excluding hydrogens is 260 g/mol. The number of carbonyl (C=O) groups excluding carboxylic acids is 1. The fourth-order valence-corrected chi connectivity index (χ4v) is 2.26. The number of aliphatic hydroxyl groups excluding tert-OH is 2. The lowest BCUT2D eigenvalue weighted by Gasteiger charge is -2.18. The van der Waals surface area contributed by atoms with Crippen LogP contribution >= 0.6 is 0 Å². The summed E-state index contributed by atoms with van der Waals surface area (Å²) in [5.41, 5.74) is 2.19. The first-order valence-electron chi connectivity index (χ1n) is 6.80. The molecule has 0 aromatic carbocycles. The molecular formula is C14H24N2O4. The molecule has 1 rings (SSSR count). The number of ether oxygens (including phenoxy) is 1. The third kappa shape index (κ3) is 3.59. The molecule has 1 aromatic rings. The van der Waals surface area contributed by atoms with Gasteiger partial charge in [-0.25, -0.2) is 4.79 Å². The quantitative estimate of drug-likeness (QED) is 0.556. The third-order valence-electron chi connectivity index (χ3n) is 3.33. The molecule has 114 valence electrons. The molecule has 0 saturated carbocycles. The van der Waals surface area contributed by atoms with Crippen molar-refractivity contribution >= 4 is 5.97 Å². The van der Waals surface area contributed by atoms with Gasteiger partial charge in [0.15, 0.2) is 0 Å². The summed E-state index contributed by atoms with van der Waals surface area (Å²) in [6.45, 7) is 6.13. The van der Waals surface area contributed by atoms with E-state index in [2.05, 4.69) is 10.3 Å². The number of hydrogen-bond acceptors (Lipinski definition) is 5. The molecule has 0 spiro atoms. The zero-order valence-corrected chi connectivity index (χ0v) is 12.5. The number of rotatable bonds is 7. The summed E-state index contributed by atoms with van der Waals surface area (Å²) in [6, 6.07) is 0. The summed E-state index contributed by atoms with van der Waals surface area (Å²) in [5, 5.41) is 23.2. The largest absolute Gasteiger partial charge is 0.461 e. The number of nitrogens with one attached hydrogen (secondary N) is 2. The van der Waals surface area contributed by atoms with Gasteiger partial charge in [-0.15, -0.1) is 0 Å². The van der Waals surface area contributed by atoms with Crippen molar-refractivity contribution in [3.63, 3.8) is 0 Å². The average molecular weight is 284 g/mol. The van der Waals surface area contributed by atoms with E-state index in [4.69, 9.17) is 4.74 Å². The monoisotopic (exact) mass is 284 g/mol. The Morgan fingerprint density at radius 3 is 2.60 bits per heavy atom. The van der Waals surface area contributed by atoms with Crippen LogP contribution in [0.2, 0.25) is 0 Å². The van der Waals surface area contributed by atoms with Gasteiger partial charge in [0, 0.05) is 11.3 Å². The van der Waals surface area contributed by atoms with E-state index in [0.717, 1.165) is 0 Å². The number of H-pyrrole nitrogens is 1. The zero-order chi connectivity index (χ0) is 15.3. The molecule has 0 aliphatic carbocycles. The van der Waals surface area contributed by atoms with Crippen LogP contribution in [-0.2, 0) is 4.74 Å². The second kappa shape index (κ2) is 7.42. The SMILES string of the molecule is CCOC(=O)c1[nH]c(C)c(C(O)C(O)CCNC)c1C. The van der Waals surface area contributed by atoms with Gasteiger partial charge in [0.2, 0.25) is 0 Å². The molecule has 0 aliphatic rings. The molecule has 20 heavy (non-hydrogen) atoms. The summed E-state index contributed by atoms with van der Waals surface area (Å²) < 4.78 is 4.96. The predicted octanol–water partition coefficient (Wildman–Crippen LogP) is 0.812. The molecule has 0 bridgehead atoms. The van der Waals surface area contributed by atoms with Crippen LogP contribution in [-0.4, -0.2) is 47.5 Å². The zero-order valence-electron chi connectivity index (χ0n) is 12.5. The highest BCUT2D eigenvalue weighted by atomic mass is 16.5. The Kier molecular flexibility index (Phi) is 6.19.